The van der Waals surface area contributed by atoms with Crippen LogP contribution in [0.2, 0.25) is 0 Å². The lowest BCUT2D eigenvalue weighted by molar-refractivity contribution is -0.146. The second-order valence-electron chi connectivity index (χ2n) is 3.52. The summed E-state index contributed by atoms with van der Waals surface area (Å²) in [5.41, 5.74) is 0.883. The minimum absolute atomic E-state index is 0.00306. The minimum Gasteiger partial charge on any atom is -0.468 e. The molecule has 5 heteroatoms. The molecular formula is C12H16N2O3. The number of hydrogen-bond acceptors (Lipinski definition) is 4. The zero-order valence-corrected chi connectivity index (χ0v) is 10.0. The Morgan fingerprint density at radius 2 is 2.00 bits per heavy atom. The van der Waals surface area contributed by atoms with Crippen LogP contribution in [-0.2, 0) is 20.7 Å². The van der Waals surface area contributed by atoms with Crippen molar-refractivity contribution in [3.05, 3.63) is 30.1 Å². The van der Waals surface area contributed by atoms with Gasteiger partial charge in [0.25, 0.3) is 0 Å². The number of likely N-dealkylation sites (N-methyl/N-ethyl adjacent to an activating group) is 1. The largest absolute Gasteiger partial charge is 0.468 e. The van der Waals surface area contributed by atoms with Gasteiger partial charge in [0.2, 0.25) is 5.91 Å². The van der Waals surface area contributed by atoms with Crippen LogP contribution >= 0.6 is 0 Å². The first-order valence-electron chi connectivity index (χ1n) is 5.40. The summed E-state index contributed by atoms with van der Waals surface area (Å²) in [6.45, 7) is 2.31. The molecule has 92 valence electrons. The number of carbonyl (C=O) groups is 2. The van der Waals surface area contributed by atoms with Crippen LogP contribution in [0, 0.1) is 0 Å². The Morgan fingerprint density at radius 3 is 2.53 bits per heavy atom. The number of nitrogens with zero attached hydrogens (tertiary/aromatic N) is 2. The van der Waals surface area contributed by atoms with Gasteiger partial charge in [0.15, 0.2) is 0 Å². The highest BCUT2D eigenvalue weighted by Gasteiger charge is 2.15. The highest BCUT2D eigenvalue weighted by atomic mass is 16.5. The van der Waals surface area contributed by atoms with E-state index in [9.17, 15) is 9.59 Å². The summed E-state index contributed by atoms with van der Waals surface area (Å²) in [5, 5.41) is 0. The highest BCUT2D eigenvalue weighted by Crippen LogP contribution is 2.02. The smallest absolute Gasteiger partial charge is 0.325 e. The maximum absolute atomic E-state index is 11.9. The Bertz CT molecular complexity index is 379. The molecular weight excluding hydrogens is 220 g/mol. The zero-order valence-electron chi connectivity index (χ0n) is 10.0. The monoisotopic (exact) mass is 236 g/mol. The average molecular weight is 236 g/mol. The fourth-order valence-electron chi connectivity index (χ4n) is 1.38. The molecule has 0 unspecified atom stereocenters. The van der Waals surface area contributed by atoms with Gasteiger partial charge in [0, 0.05) is 18.9 Å². The number of esters is 1. The van der Waals surface area contributed by atoms with Gasteiger partial charge in [-0.1, -0.05) is 0 Å². The molecule has 0 saturated heterocycles. The van der Waals surface area contributed by atoms with Gasteiger partial charge in [-0.15, -0.1) is 0 Å². The summed E-state index contributed by atoms with van der Waals surface area (Å²) in [5.74, 6) is -0.501. The van der Waals surface area contributed by atoms with Gasteiger partial charge in [-0.3, -0.25) is 14.6 Å². The van der Waals surface area contributed by atoms with Crippen molar-refractivity contribution in [3.63, 3.8) is 0 Å². The maximum Gasteiger partial charge on any atom is 0.325 e. The number of methoxy groups -OCH3 is 1. The molecule has 0 bridgehead atoms. The quantitative estimate of drug-likeness (QED) is 0.704. The fourth-order valence-corrected chi connectivity index (χ4v) is 1.38. The van der Waals surface area contributed by atoms with E-state index in [-0.39, 0.29) is 18.9 Å². The molecule has 0 radical (unpaired) electrons. The first kappa shape index (κ1) is 13.2. The van der Waals surface area contributed by atoms with Gasteiger partial charge >= 0.3 is 5.97 Å². The first-order chi connectivity index (χ1) is 8.17. The summed E-state index contributed by atoms with van der Waals surface area (Å²) < 4.78 is 4.54. The van der Waals surface area contributed by atoms with Crippen molar-refractivity contribution in [1.29, 1.82) is 0 Å². The molecule has 17 heavy (non-hydrogen) atoms. The van der Waals surface area contributed by atoms with Crippen LogP contribution in [-0.4, -0.2) is 42.0 Å². The summed E-state index contributed by atoms with van der Waals surface area (Å²) >= 11 is 0. The van der Waals surface area contributed by atoms with E-state index < -0.39 is 5.97 Å². The molecule has 1 heterocycles. The van der Waals surface area contributed by atoms with Crippen molar-refractivity contribution < 1.29 is 14.3 Å². The van der Waals surface area contributed by atoms with E-state index in [0.29, 0.717) is 6.54 Å². The Labute approximate surface area is 100 Å². The predicted octanol–water partition coefficient (Wildman–Crippen LogP) is 0.646. The molecule has 1 rings (SSSR count). The molecule has 1 aromatic rings. The Hall–Kier alpha value is -1.91. The summed E-state index contributed by atoms with van der Waals surface area (Å²) in [6.07, 6.45) is 3.55. The van der Waals surface area contributed by atoms with Crippen molar-refractivity contribution in [2.24, 2.45) is 0 Å². The van der Waals surface area contributed by atoms with Crippen LogP contribution in [0.3, 0.4) is 0 Å². The summed E-state index contributed by atoms with van der Waals surface area (Å²) in [4.78, 5) is 28.3. The van der Waals surface area contributed by atoms with Crippen molar-refractivity contribution in [2.45, 2.75) is 13.3 Å². The molecule has 5 nitrogen and oxygen atoms in total. The number of hydrogen-bond donors (Lipinski definition) is 0. The molecule has 0 aromatic carbocycles. The topological polar surface area (TPSA) is 59.5 Å². The SMILES string of the molecule is CCN(CC(=O)OC)C(=O)Cc1ccncc1. The van der Waals surface area contributed by atoms with Gasteiger partial charge in [0.05, 0.1) is 13.5 Å². The number of aromatic nitrogens is 1. The second kappa shape index (κ2) is 6.62. The standard InChI is InChI=1S/C12H16N2O3/c1-3-14(9-12(16)17-2)11(15)8-10-4-6-13-7-5-10/h4-7H,3,8-9H2,1-2H3. The lowest BCUT2D eigenvalue weighted by Crippen LogP contribution is -2.37. The second-order valence-corrected chi connectivity index (χ2v) is 3.52. The van der Waals surface area contributed by atoms with Crippen LogP contribution in [0.25, 0.3) is 0 Å². The van der Waals surface area contributed by atoms with E-state index in [0.717, 1.165) is 5.56 Å². The lowest BCUT2D eigenvalue weighted by Gasteiger charge is -2.19. The van der Waals surface area contributed by atoms with Crippen LogP contribution in [0.5, 0.6) is 0 Å². The third kappa shape index (κ3) is 4.22. The van der Waals surface area contributed by atoms with Crippen molar-refractivity contribution in [1.82, 2.24) is 9.88 Å². The molecule has 0 saturated carbocycles. The van der Waals surface area contributed by atoms with Crippen LogP contribution in [0.15, 0.2) is 24.5 Å². The Kier molecular flexibility index (Phi) is 5.13. The van der Waals surface area contributed by atoms with Gasteiger partial charge in [-0.05, 0) is 24.6 Å². The predicted molar refractivity (Wildman–Crippen MR) is 62.2 cm³/mol. The van der Waals surface area contributed by atoms with Crippen LogP contribution in [0.4, 0.5) is 0 Å². The summed E-state index contributed by atoms with van der Waals surface area (Å²) in [7, 11) is 1.31. The van der Waals surface area contributed by atoms with Gasteiger partial charge < -0.3 is 9.64 Å². The van der Waals surface area contributed by atoms with Crippen molar-refractivity contribution in [3.8, 4) is 0 Å². The summed E-state index contributed by atoms with van der Waals surface area (Å²) in [6, 6.07) is 3.56. The number of carbonyl (C=O) groups excluding carboxylic acids is 2. The molecule has 0 aliphatic rings. The fraction of sp³-hybridized carbons (Fsp3) is 0.417. The van der Waals surface area contributed by atoms with Crippen molar-refractivity contribution in [2.75, 3.05) is 20.2 Å². The van der Waals surface area contributed by atoms with Crippen LogP contribution in [0.1, 0.15) is 12.5 Å². The normalized spacial score (nSPS) is 9.76. The van der Waals surface area contributed by atoms with Crippen molar-refractivity contribution >= 4 is 11.9 Å². The lowest BCUT2D eigenvalue weighted by atomic mass is 10.2. The van der Waals surface area contributed by atoms with Gasteiger partial charge in [-0.25, -0.2) is 0 Å². The molecule has 0 fully saturated rings. The highest BCUT2D eigenvalue weighted by molar-refractivity contribution is 5.83. The van der Waals surface area contributed by atoms with E-state index in [1.807, 2.05) is 6.92 Å². The molecule has 1 amide bonds. The van der Waals surface area contributed by atoms with E-state index in [1.54, 1.807) is 24.5 Å². The third-order valence-electron chi connectivity index (χ3n) is 2.39. The maximum atomic E-state index is 11.9. The van der Waals surface area contributed by atoms with E-state index in [1.165, 1.54) is 12.0 Å². The third-order valence-corrected chi connectivity index (χ3v) is 2.39. The number of ether oxygens (including phenoxy) is 1. The number of amides is 1. The molecule has 0 aliphatic carbocycles. The Balaban J connectivity index is 2.58. The van der Waals surface area contributed by atoms with Gasteiger partial charge in [-0.2, -0.15) is 0 Å². The zero-order chi connectivity index (χ0) is 12.7. The molecule has 0 N–H and O–H groups in total. The minimum atomic E-state index is -0.407. The number of rotatable bonds is 5. The molecule has 0 spiro atoms. The molecule has 1 aromatic heterocycles. The van der Waals surface area contributed by atoms with E-state index >= 15 is 0 Å². The number of pyridine rings is 1. The molecule has 0 atom stereocenters. The first-order valence-corrected chi connectivity index (χ1v) is 5.40. The van der Waals surface area contributed by atoms with Crippen LogP contribution < -0.4 is 0 Å². The van der Waals surface area contributed by atoms with E-state index in [4.69, 9.17) is 0 Å². The van der Waals surface area contributed by atoms with Gasteiger partial charge in [0.1, 0.15) is 6.54 Å². The Morgan fingerprint density at radius 1 is 1.35 bits per heavy atom. The molecule has 0 aliphatic heterocycles. The van der Waals surface area contributed by atoms with E-state index in [2.05, 4.69) is 9.72 Å². The average Bonchev–Trinajstić information content (AvgIpc) is 2.36.